The molecule has 1 atom stereocenters. The van der Waals surface area contributed by atoms with Gasteiger partial charge in [0.25, 0.3) is 5.91 Å². The van der Waals surface area contributed by atoms with Crippen LogP contribution in [0, 0.1) is 0 Å². The fourth-order valence-corrected chi connectivity index (χ4v) is 4.75. The van der Waals surface area contributed by atoms with Gasteiger partial charge in [-0.2, -0.15) is 0 Å². The number of hydrogen-bond donors (Lipinski definition) is 1. The fraction of sp³-hybridized carbons (Fsp3) is 0.300. The van der Waals surface area contributed by atoms with Crippen molar-refractivity contribution in [3.8, 4) is 11.5 Å². The van der Waals surface area contributed by atoms with Crippen molar-refractivity contribution in [2.24, 2.45) is 0 Å². The summed E-state index contributed by atoms with van der Waals surface area (Å²) in [4.78, 5) is 19.7. The summed E-state index contributed by atoms with van der Waals surface area (Å²) in [5.74, 6) is -0.0390. The van der Waals surface area contributed by atoms with Gasteiger partial charge in [0.2, 0.25) is 0 Å². The number of amides is 1. The molecule has 0 saturated carbocycles. The van der Waals surface area contributed by atoms with Crippen LogP contribution in [0.4, 0.5) is 0 Å². The number of benzene rings is 2. The molecule has 7 heteroatoms. The second-order valence-electron chi connectivity index (χ2n) is 6.41. The van der Waals surface area contributed by atoms with Gasteiger partial charge in [-0.1, -0.05) is 23.7 Å². The lowest BCUT2D eigenvalue weighted by molar-refractivity contribution is 0.0735. The van der Waals surface area contributed by atoms with Crippen LogP contribution in [-0.2, 0) is 0 Å². The van der Waals surface area contributed by atoms with Gasteiger partial charge in [-0.05, 0) is 44.0 Å². The topological polar surface area (TPSA) is 62.7 Å². The maximum absolute atomic E-state index is 13.2. The van der Waals surface area contributed by atoms with Gasteiger partial charge in [-0.25, -0.2) is 4.98 Å². The molecule has 1 amide bonds. The van der Waals surface area contributed by atoms with E-state index in [0.717, 1.165) is 28.1 Å². The normalized spacial score (nSPS) is 16.8. The molecule has 0 bridgehead atoms. The molecule has 3 aromatic rings. The first kappa shape index (κ1) is 18.1. The third kappa shape index (κ3) is 3.35. The Bertz CT molecular complexity index is 971. The number of rotatable bonds is 4. The highest BCUT2D eigenvalue weighted by Gasteiger charge is 2.33. The number of phenolic OH excluding ortho intramolecular Hbond substituents is 1. The molecule has 5 nitrogen and oxygen atoms in total. The predicted molar refractivity (Wildman–Crippen MR) is 107 cm³/mol. The van der Waals surface area contributed by atoms with Crippen LogP contribution in [0.3, 0.4) is 0 Å². The average Bonchev–Trinajstić information content (AvgIpc) is 3.31. The van der Waals surface area contributed by atoms with Crippen LogP contribution in [0.15, 0.2) is 36.4 Å². The number of hydrogen-bond acceptors (Lipinski definition) is 5. The van der Waals surface area contributed by atoms with Crippen LogP contribution in [-0.4, -0.2) is 34.0 Å². The molecule has 1 fully saturated rings. The lowest BCUT2D eigenvalue weighted by Crippen LogP contribution is -2.30. The molecule has 0 radical (unpaired) electrons. The molecule has 1 aliphatic rings. The number of phenols is 1. The number of para-hydroxylation sites is 1. The molecule has 1 aromatic heterocycles. The van der Waals surface area contributed by atoms with Crippen molar-refractivity contribution in [1.29, 1.82) is 0 Å². The molecule has 1 saturated heterocycles. The van der Waals surface area contributed by atoms with Crippen LogP contribution >= 0.6 is 22.9 Å². The highest BCUT2D eigenvalue weighted by molar-refractivity contribution is 7.18. The van der Waals surface area contributed by atoms with E-state index in [1.807, 2.05) is 36.1 Å². The Kier molecular flexibility index (Phi) is 4.93. The Hall–Kier alpha value is -2.31. The third-order valence-corrected chi connectivity index (χ3v) is 6.11. The second-order valence-corrected chi connectivity index (χ2v) is 7.88. The van der Waals surface area contributed by atoms with Crippen molar-refractivity contribution in [3.05, 3.63) is 52.0 Å². The number of carbonyl (C=O) groups excluding carboxylic acids is 1. The summed E-state index contributed by atoms with van der Waals surface area (Å²) in [6, 6.07) is 11.0. The summed E-state index contributed by atoms with van der Waals surface area (Å²) in [5.41, 5.74) is 1.37. The molecule has 140 valence electrons. The summed E-state index contributed by atoms with van der Waals surface area (Å²) in [6.07, 6.45) is 1.81. The van der Waals surface area contributed by atoms with Crippen molar-refractivity contribution in [1.82, 2.24) is 9.88 Å². The predicted octanol–water partition coefficient (Wildman–Crippen LogP) is 5.03. The number of likely N-dealkylation sites (tertiary alicyclic amines) is 1. The first-order valence-corrected chi connectivity index (χ1v) is 10.1. The van der Waals surface area contributed by atoms with Crippen LogP contribution < -0.4 is 4.74 Å². The Morgan fingerprint density at radius 3 is 3.00 bits per heavy atom. The molecule has 1 aliphatic heterocycles. The van der Waals surface area contributed by atoms with Crippen molar-refractivity contribution < 1.29 is 14.6 Å². The van der Waals surface area contributed by atoms with Crippen molar-refractivity contribution in [3.63, 3.8) is 0 Å². The molecule has 1 N–H and O–H groups in total. The molecule has 27 heavy (non-hydrogen) atoms. The van der Waals surface area contributed by atoms with E-state index in [2.05, 4.69) is 0 Å². The van der Waals surface area contributed by atoms with Gasteiger partial charge in [0, 0.05) is 12.1 Å². The van der Waals surface area contributed by atoms with Gasteiger partial charge in [0.1, 0.15) is 5.01 Å². The van der Waals surface area contributed by atoms with E-state index >= 15 is 0 Å². The van der Waals surface area contributed by atoms with Gasteiger partial charge in [0.15, 0.2) is 11.5 Å². The molecule has 0 aliphatic carbocycles. The van der Waals surface area contributed by atoms with E-state index in [1.54, 1.807) is 17.4 Å². The largest absolute Gasteiger partial charge is 0.503 e. The van der Waals surface area contributed by atoms with Gasteiger partial charge < -0.3 is 14.7 Å². The lowest BCUT2D eigenvalue weighted by atomic mass is 10.1. The summed E-state index contributed by atoms with van der Waals surface area (Å²) < 4.78 is 6.53. The van der Waals surface area contributed by atoms with E-state index in [1.165, 1.54) is 6.07 Å². The Balaban J connectivity index is 1.66. The zero-order valence-electron chi connectivity index (χ0n) is 14.8. The van der Waals surface area contributed by atoms with Crippen molar-refractivity contribution in [2.75, 3.05) is 13.2 Å². The third-order valence-electron chi connectivity index (χ3n) is 4.68. The summed E-state index contributed by atoms with van der Waals surface area (Å²) in [5, 5.41) is 11.1. The summed E-state index contributed by atoms with van der Waals surface area (Å²) in [6.45, 7) is 2.85. The van der Waals surface area contributed by atoms with Crippen LogP contribution in [0.2, 0.25) is 5.02 Å². The number of thiazole rings is 1. The van der Waals surface area contributed by atoms with Crippen molar-refractivity contribution >= 4 is 39.1 Å². The summed E-state index contributed by atoms with van der Waals surface area (Å²) >= 11 is 7.73. The monoisotopic (exact) mass is 402 g/mol. The minimum atomic E-state index is -0.140. The Labute approximate surface area is 166 Å². The molecule has 2 heterocycles. The lowest BCUT2D eigenvalue weighted by Gasteiger charge is -2.23. The standard InChI is InChI=1S/C20H19ClN2O3S/c1-2-26-16-11-12(10-13(21)18(16)24)20(25)23-9-5-7-15(23)19-22-14-6-3-4-8-17(14)27-19/h3-4,6,8,10-11,15,24H,2,5,7,9H2,1H3. The van der Waals surface area contributed by atoms with Crippen LogP contribution in [0.1, 0.15) is 41.2 Å². The minimum absolute atomic E-state index is 0.0435. The molecule has 2 aromatic carbocycles. The number of aromatic hydroxyl groups is 1. The maximum Gasteiger partial charge on any atom is 0.254 e. The van der Waals surface area contributed by atoms with Gasteiger partial charge in [-0.15, -0.1) is 11.3 Å². The van der Waals surface area contributed by atoms with E-state index in [4.69, 9.17) is 21.3 Å². The first-order chi connectivity index (χ1) is 13.1. The molecular weight excluding hydrogens is 384 g/mol. The van der Waals surface area contributed by atoms with E-state index < -0.39 is 0 Å². The number of nitrogens with zero attached hydrogens (tertiary/aromatic N) is 2. The van der Waals surface area contributed by atoms with E-state index in [9.17, 15) is 9.90 Å². The summed E-state index contributed by atoms with van der Waals surface area (Å²) in [7, 11) is 0. The van der Waals surface area contributed by atoms with Crippen LogP contribution in [0.5, 0.6) is 11.5 Å². The van der Waals surface area contributed by atoms with Crippen molar-refractivity contribution in [2.45, 2.75) is 25.8 Å². The highest BCUT2D eigenvalue weighted by atomic mass is 35.5. The highest BCUT2D eigenvalue weighted by Crippen LogP contribution is 2.39. The van der Waals surface area contributed by atoms with Crippen LogP contribution in [0.25, 0.3) is 10.2 Å². The van der Waals surface area contributed by atoms with Gasteiger partial charge in [0.05, 0.1) is 27.9 Å². The van der Waals surface area contributed by atoms with E-state index in [0.29, 0.717) is 18.7 Å². The quantitative estimate of drug-likeness (QED) is 0.664. The molecular formula is C20H19ClN2O3S. The SMILES string of the molecule is CCOc1cc(C(=O)N2CCCC2c2nc3ccccc3s2)cc(Cl)c1O. The Morgan fingerprint density at radius 1 is 1.41 bits per heavy atom. The van der Waals surface area contributed by atoms with E-state index in [-0.39, 0.29) is 28.5 Å². The molecule has 0 spiro atoms. The molecule has 4 rings (SSSR count). The average molecular weight is 403 g/mol. The molecule has 1 unspecified atom stereocenters. The first-order valence-electron chi connectivity index (χ1n) is 8.90. The Morgan fingerprint density at radius 2 is 2.22 bits per heavy atom. The number of aromatic nitrogens is 1. The fourth-order valence-electron chi connectivity index (χ4n) is 3.43. The zero-order chi connectivity index (χ0) is 19.0. The number of carbonyl (C=O) groups is 1. The smallest absolute Gasteiger partial charge is 0.254 e. The maximum atomic E-state index is 13.2. The number of fused-ring (bicyclic) bond motifs is 1. The van der Waals surface area contributed by atoms with Gasteiger partial charge >= 0.3 is 0 Å². The zero-order valence-corrected chi connectivity index (χ0v) is 16.4. The van der Waals surface area contributed by atoms with Gasteiger partial charge in [-0.3, -0.25) is 4.79 Å². The number of halogens is 1. The minimum Gasteiger partial charge on any atom is -0.503 e. The second kappa shape index (κ2) is 7.37. The number of ether oxygens (including phenoxy) is 1.